The molecule has 0 aliphatic carbocycles. The van der Waals surface area contributed by atoms with Gasteiger partial charge in [0, 0.05) is 23.2 Å². The Morgan fingerprint density at radius 3 is 2.74 bits per heavy atom. The highest BCUT2D eigenvalue weighted by Crippen LogP contribution is 2.40. The van der Waals surface area contributed by atoms with E-state index in [4.69, 9.17) is 20.8 Å². The van der Waals surface area contributed by atoms with Crippen LogP contribution < -0.4 is 9.64 Å². The van der Waals surface area contributed by atoms with E-state index in [0.29, 0.717) is 57.7 Å². The molecule has 0 bridgehead atoms. The van der Waals surface area contributed by atoms with Crippen molar-refractivity contribution in [3.63, 3.8) is 0 Å². The quantitative estimate of drug-likeness (QED) is 0.340. The third-order valence-corrected chi connectivity index (χ3v) is 6.47. The number of hydrogen-bond acceptors (Lipinski definition) is 7. The van der Waals surface area contributed by atoms with Crippen LogP contribution >= 0.6 is 11.6 Å². The first kappa shape index (κ1) is 22.3. The molecule has 0 radical (unpaired) electrons. The topological polar surface area (TPSA) is 81.4 Å². The Morgan fingerprint density at radius 2 is 2.00 bits per heavy atom. The molecule has 1 fully saturated rings. The summed E-state index contributed by atoms with van der Waals surface area (Å²) in [5.41, 5.74) is 2.60. The van der Waals surface area contributed by atoms with Gasteiger partial charge in [0.25, 0.3) is 0 Å². The number of rotatable bonds is 5. The summed E-state index contributed by atoms with van der Waals surface area (Å²) in [6.45, 7) is 2.61. The number of aromatic nitrogens is 3. The summed E-state index contributed by atoms with van der Waals surface area (Å²) >= 11 is 6.10. The number of nitrogens with zero attached hydrogens (tertiary/aromatic N) is 4. The zero-order valence-electron chi connectivity index (χ0n) is 18.7. The molecular weight excluding hydrogens is 459 g/mol. The van der Waals surface area contributed by atoms with E-state index in [1.807, 2.05) is 0 Å². The number of piperidine rings is 1. The third-order valence-electron chi connectivity index (χ3n) is 6.23. The number of oxazole rings is 1. The van der Waals surface area contributed by atoms with E-state index in [1.165, 1.54) is 31.6 Å². The molecule has 9 heteroatoms. The summed E-state index contributed by atoms with van der Waals surface area (Å²) in [7, 11) is 1.52. The number of aldehydes is 1. The van der Waals surface area contributed by atoms with Gasteiger partial charge in [-0.15, -0.1) is 0 Å². The second kappa shape index (κ2) is 9.02. The molecule has 1 saturated heterocycles. The van der Waals surface area contributed by atoms with E-state index in [2.05, 4.69) is 26.8 Å². The van der Waals surface area contributed by atoms with Crippen molar-refractivity contribution in [3.8, 4) is 17.1 Å². The number of halogens is 2. The Hall–Kier alpha value is -3.52. The van der Waals surface area contributed by atoms with Gasteiger partial charge < -0.3 is 14.1 Å². The number of carbonyl (C=O) groups is 1. The van der Waals surface area contributed by atoms with Gasteiger partial charge in [0.05, 0.1) is 36.7 Å². The maximum atomic E-state index is 14.6. The first-order valence-corrected chi connectivity index (χ1v) is 11.3. The van der Waals surface area contributed by atoms with Crippen molar-refractivity contribution in [2.45, 2.75) is 31.7 Å². The van der Waals surface area contributed by atoms with Crippen LogP contribution in [0.5, 0.6) is 5.75 Å². The Bertz CT molecular complexity index is 1360. The number of methoxy groups -OCH3 is 1. The number of ether oxygens (including phenoxy) is 1. The lowest BCUT2D eigenvalue weighted by molar-refractivity contribution is 0.112. The summed E-state index contributed by atoms with van der Waals surface area (Å²) in [5, 5.41) is 0.594. The van der Waals surface area contributed by atoms with E-state index in [0.717, 1.165) is 12.8 Å². The summed E-state index contributed by atoms with van der Waals surface area (Å²) in [5.74, 6) is 0.907. The van der Waals surface area contributed by atoms with E-state index >= 15 is 0 Å². The van der Waals surface area contributed by atoms with Gasteiger partial charge in [0.1, 0.15) is 11.3 Å². The monoisotopic (exact) mass is 480 g/mol. The van der Waals surface area contributed by atoms with Gasteiger partial charge in [-0.25, -0.2) is 19.3 Å². The minimum Gasteiger partial charge on any atom is -0.494 e. The molecule has 0 saturated carbocycles. The highest BCUT2D eigenvalue weighted by Gasteiger charge is 2.32. The molecule has 0 amide bonds. The number of hydrogen-bond donors (Lipinski definition) is 0. The SMILES string of the molecule is COc1cnc(-c2c(C=O)cc(F)cc2N2C[C@H](c3nc4cc(Cl)ccc4o3)CC[C@H]2C)nc1. The van der Waals surface area contributed by atoms with Gasteiger partial charge in [0.15, 0.2) is 29.3 Å². The largest absolute Gasteiger partial charge is 0.494 e. The molecule has 5 rings (SSSR count). The van der Waals surface area contributed by atoms with E-state index < -0.39 is 5.82 Å². The Labute approximate surface area is 200 Å². The lowest BCUT2D eigenvalue weighted by Crippen LogP contribution is -2.41. The highest BCUT2D eigenvalue weighted by molar-refractivity contribution is 6.31. The maximum absolute atomic E-state index is 14.6. The van der Waals surface area contributed by atoms with Crippen LogP contribution in [-0.2, 0) is 0 Å². The van der Waals surface area contributed by atoms with Crippen molar-refractivity contribution < 1.29 is 18.3 Å². The van der Waals surface area contributed by atoms with Crippen LogP contribution in [0.3, 0.4) is 0 Å². The van der Waals surface area contributed by atoms with Crippen molar-refractivity contribution >= 4 is 34.7 Å². The molecule has 0 spiro atoms. The van der Waals surface area contributed by atoms with Crippen molar-refractivity contribution in [3.05, 3.63) is 65.0 Å². The second-order valence-electron chi connectivity index (χ2n) is 8.39. The molecule has 4 aromatic rings. The predicted molar refractivity (Wildman–Crippen MR) is 127 cm³/mol. The molecule has 1 aliphatic rings. The average Bonchev–Trinajstić information content (AvgIpc) is 3.27. The molecule has 2 atom stereocenters. The first-order chi connectivity index (χ1) is 16.5. The number of carbonyl (C=O) groups excluding carboxylic acids is 1. The molecule has 1 aliphatic heterocycles. The minimum atomic E-state index is -0.500. The summed E-state index contributed by atoms with van der Waals surface area (Å²) < 4.78 is 25.8. The fourth-order valence-corrected chi connectivity index (χ4v) is 4.63. The smallest absolute Gasteiger partial charge is 0.200 e. The van der Waals surface area contributed by atoms with Crippen molar-refractivity contribution in [2.24, 2.45) is 0 Å². The zero-order valence-corrected chi connectivity index (χ0v) is 19.4. The summed E-state index contributed by atoms with van der Waals surface area (Å²) in [6.07, 6.45) is 5.38. The first-order valence-electron chi connectivity index (χ1n) is 10.9. The minimum absolute atomic E-state index is 0.0186. The van der Waals surface area contributed by atoms with Crippen LogP contribution in [0.15, 0.2) is 47.1 Å². The van der Waals surface area contributed by atoms with Crippen molar-refractivity contribution in [1.29, 1.82) is 0 Å². The summed E-state index contributed by atoms with van der Waals surface area (Å²) in [4.78, 5) is 27.4. The third kappa shape index (κ3) is 4.09. The number of fused-ring (bicyclic) bond motifs is 1. The second-order valence-corrected chi connectivity index (χ2v) is 8.83. The number of benzene rings is 2. The molecule has 2 aromatic heterocycles. The molecule has 174 valence electrons. The molecule has 0 unspecified atom stereocenters. The fraction of sp³-hybridized carbons (Fsp3) is 0.280. The normalized spacial score (nSPS) is 18.3. The molecule has 34 heavy (non-hydrogen) atoms. The van der Waals surface area contributed by atoms with Crippen LogP contribution in [0.25, 0.3) is 22.5 Å². The average molecular weight is 481 g/mol. The Kier molecular flexibility index (Phi) is 5.91. The maximum Gasteiger partial charge on any atom is 0.200 e. The fourth-order valence-electron chi connectivity index (χ4n) is 4.46. The van der Waals surface area contributed by atoms with E-state index in [-0.39, 0.29) is 17.5 Å². The number of anilines is 1. The molecule has 3 heterocycles. The standard InChI is InChI=1S/C25H22ClFN4O3/c1-14-3-4-15(25-30-20-8-17(26)5-6-22(20)34-25)12-31(14)21-9-18(27)7-16(13-32)23(21)24-28-10-19(33-2)11-29-24/h5-11,13-15H,3-4,12H2,1-2H3/t14-,15-/m1/s1. The highest BCUT2D eigenvalue weighted by atomic mass is 35.5. The molecule has 0 N–H and O–H groups in total. The van der Waals surface area contributed by atoms with Gasteiger partial charge in [-0.3, -0.25) is 4.79 Å². The van der Waals surface area contributed by atoms with Crippen LogP contribution in [0.4, 0.5) is 10.1 Å². The van der Waals surface area contributed by atoms with Crippen molar-refractivity contribution in [2.75, 3.05) is 18.6 Å². The van der Waals surface area contributed by atoms with Crippen LogP contribution in [-0.4, -0.2) is 40.9 Å². The Morgan fingerprint density at radius 1 is 1.21 bits per heavy atom. The van der Waals surface area contributed by atoms with Crippen LogP contribution in [0, 0.1) is 5.82 Å². The molecular formula is C25H22ClFN4O3. The lowest BCUT2D eigenvalue weighted by atomic mass is 9.91. The molecule has 2 aromatic carbocycles. The summed E-state index contributed by atoms with van der Waals surface area (Å²) in [6, 6.07) is 8.07. The van der Waals surface area contributed by atoms with E-state index in [9.17, 15) is 9.18 Å². The van der Waals surface area contributed by atoms with Gasteiger partial charge in [-0.2, -0.15) is 0 Å². The van der Waals surface area contributed by atoms with Crippen molar-refractivity contribution in [1.82, 2.24) is 15.0 Å². The molecule has 7 nitrogen and oxygen atoms in total. The van der Waals surface area contributed by atoms with E-state index in [1.54, 1.807) is 18.2 Å². The van der Waals surface area contributed by atoms with Crippen LogP contribution in [0.2, 0.25) is 5.02 Å². The predicted octanol–water partition coefficient (Wildman–Crippen LogP) is 5.67. The van der Waals surface area contributed by atoms with Gasteiger partial charge in [0.2, 0.25) is 0 Å². The van der Waals surface area contributed by atoms with Crippen LogP contribution in [0.1, 0.15) is 41.9 Å². The Balaban J connectivity index is 1.56. The lowest BCUT2D eigenvalue weighted by Gasteiger charge is -2.39. The van der Waals surface area contributed by atoms with Gasteiger partial charge in [-0.05, 0) is 50.1 Å². The zero-order chi connectivity index (χ0) is 23.8. The van der Waals surface area contributed by atoms with Gasteiger partial charge in [-0.1, -0.05) is 11.6 Å². The van der Waals surface area contributed by atoms with Gasteiger partial charge >= 0.3 is 0 Å².